The van der Waals surface area contributed by atoms with Crippen LogP contribution in [0.15, 0.2) is 270 Å². The van der Waals surface area contributed by atoms with E-state index in [4.69, 9.17) is 8.83 Å². The van der Waals surface area contributed by atoms with E-state index >= 15 is 0 Å². The maximum atomic E-state index is 7.72. The van der Waals surface area contributed by atoms with Crippen LogP contribution in [0.25, 0.3) is 111 Å². The number of furan rings is 2. The second kappa shape index (κ2) is 28.1. The van der Waals surface area contributed by atoms with Crippen LogP contribution >= 0.6 is 0 Å². The van der Waals surface area contributed by atoms with Gasteiger partial charge in [-0.1, -0.05) is 350 Å². The van der Waals surface area contributed by atoms with E-state index in [0.29, 0.717) is 0 Å². The summed E-state index contributed by atoms with van der Waals surface area (Å²) in [6, 6.07) is 102. The molecule has 0 saturated carbocycles. The number of hydrogen-bond acceptors (Lipinski definition) is 3. The molecule has 21 rings (SSSR count). The topological polar surface area (TPSA) is 29.5 Å². The number of benzene rings is 13. The van der Waals surface area contributed by atoms with Crippen LogP contribution in [0.2, 0.25) is 0 Å². The Morgan fingerprint density at radius 1 is 0.239 bits per heavy atom. The fourth-order valence-electron chi connectivity index (χ4n) is 23.7. The van der Waals surface area contributed by atoms with Gasteiger partial charge in [0.1, 0.15) is 22.3 Å². The Hall–Kier alpha value is -10.7. The van der Waals surface area contributed by atoms with Crippen molar-refractivity contribution in [2.45, 2.75) is 203 Å². The van der Waals surface area contributed by atoms with Crippen LogP contribution in [-0.4, -0.2) is 0 Å². The van der Waals surface area contributed by atoms with E-state index < -0.39 is 10.8 Å². The van der Waals surface area contributed by atoms with E-state index in [2.05, 4.69) is 293 Å². The van der Waals surface area contributed by atoms with E-state index in [-0.39, 0.29) is 10.8 Å². The summed E-state index contributed by atoms with van der Waals surface area (Å²) < 4.78 is 14.7. The smallest absolute Gasteiger partial charge is 0.144 e. The van der Waals surface area contributed by atoms with Gasteiger partial charge in [0.25, 0.3) is 0 Å². The Labute approximate surface area is 668 Å². The van der Waals surface area contributed by atoms with E-state index in [1.165, 1.54) is 267 Å². The molecule has 2 aromatic heterocycles. The summed E-state index contributed by atoms with van der Waals surface area (Å²) in [6.07, 6.45) is 29.5. The second-order valence-corrected chi connectivity index (χ2v) is 34.4. The number of rotatable bonds is 27. The van der Waals surface area contributed by atoms with Crippen LogP contribution in [0.1, 0.15) is 249 Å². The highest BCUT2D eigenvalue weighted by Gasteiger charge is 2.58. The zero-order valence-corrected chi connectivity index (χ0v) is 66.6. The van der Waals surface area contributed by atoms with Crippen molar-refractivity contribution in [1.82, 2.24) is 0 Å². The highest BCUT2D eigenvalue weighted by atomic mass is 16.3. The first-order valence-corrected chi connectivity index (χ1v) is 43.7. The lowest BCUT2D eigenvalue weighted by Crippen LogP contribution is -2.33. The Bertz CT molecular complexity index is 6130. The molecule has 6 aliphatic rings. The van der Waals surface area contributed by atoms with Gasteiger partial charge in [-0.05, 0) is 220 Å². The molecule has 0 amide bonds. The first kappa shape index (κ1) is 70.1. The summed E-state index contributed by atoms with van der Waals surface area (Å²) in [4.78, 5) is 2.66. The summed E-state index contributed by atoms with van der Waals surface area (Å²) >= 11 is 0. The lowest BCUT2D eigenvalue weighted by Gasteiger charge is -2.40. The minimum atomic E-state index is -0.683. The summed E-state index contributed by atoms with van der Waals surface area (Å²) in [5.74, 6) is 0. The quantitative estimate of drug-likeness (QED) is 0.0481. The van der Waals surface area contributed by atoms with Crippen molar-refractivity contribution < 1.29 is 8.83 Å². The highest BCUT2D eigenvalue weighted by molar-refractivity contribution is 6.22. The highest BCUT2D eigenvalue weighted by Crippen LogP contribution is 2.72. The average Bonchev–Trinajstić information content (AvgIpc) is 1.50. The Kier molecular flexibility index (Phi) is 17.5. The molecule has 0 fully saturated rings. The maximum Gasteiger partial charge on any atom is 0.144 e. The largest absolute Gasteiger partial charge is 0.456 e. The third kappa shape index (κ3) is 10.2. The molecule has 560 valence electrons. The number of unbranched alkanes of at least 4 members (excludes halogenated alkanes) is 16. The molecular weight excluding hydrogens is 1370 g/mol. The molecule has 6 aliphatic carbocycles. The summed E-state index contributed by atoms with van der Waals surface area (Å²) in [7, 11) is 0. The van der Waals surface area contributed by atoms with Crippen molar-refractivity contribution in [3.8, 4) is 66.8 Å². The number of nitrogens with zero attached hydrogens (tertiary/aromatic N) is 1. The Morgan fingerprint density at radius 2 is 0.628 bits per heavy atom. The van der Waals surface area contributed by atoms with Crippen molar-refractivity contribution in [1.29, 1.82) is 0 Å². The zero-order valence-electron chi connectivity index (χ0n) is 66.6. The molecule has 0 unspecified atom stereocenters. The Morgan fingerprint density at radius 3 is 1.18 bits per heavy atom. The molecule has 0 radical (unpaired) electrons. The molecule has 0 N–H and O–H groups in total. The monoisotopic (exact) mass is 1470 g/mol. The molecule has 13 aromatic carbocycles. The van der Waals surface area contributed by atoms with Gasteiger partial charge in [0.05, 0.1) is 10.8 Å². The van der Waals surface area contributed by atoms with Crippen LogP contribution in [0.4, 0.5) is 17.1 Å². The van der Waals surface area contributed by atoms with Crippen molar-refractivity contribution in [2.75, 3.05) is 4.90 Å². The fourth-order valence-corrected chi connectivity index (χ4v) is 23.7. The minimum Gasteiger partial charge on any atom is -0.456 e. The van der Waals surface area contributed by atoms with Gasteiger partial charge in [-0.3, -0.25) is 0 Å². The van der Waals surface area contributed by atoms with Crippen molar-refractivity contribution in [3.63, 3.8) is 0 Å². The number of anilines is 3. The molecule has 0 bridgehead atoms. The SMILES string of the molecule is CCCCCCCC1(CCCCCCC)c2cc(N(c3ccccc3)c3ccc4c(c3)C3(c5ccccc5-c5ccccc53)c3cc5c(cc3-4)C3(c4ccccc4-c4ccccc43)c3ccc4oc6ccccc6c4c3-5)ccc2-c2c1c1c(c3c2oc2ccccc23)-c2ccccc2C1(CCCCCCC)CCCCCCC. The fraction of sp³-hybridized carbons (Fsp3) is 0.291. The molecule has 15 aromatic rings. The third-order valence-corrected chi connectivity index (χ3v) is 28.4. The zero-order chi connectivity index (χ0) is 75.6. The van der Waals surface area contributed by atoms with Gasteiger partial charge in [0.15, 0.2) is 0 Å². The standard InChI is InChI=1S/C110H103NO2/c1-5-9-13-17-38-64-107(65-39-18-14-10-6-2)86-51-31-28-48-80(86)101-102-83-50-30-37-57-97(83)113-106(102)103-81-61-59-73(68-92(81)108(105(103)104(101)107,66-40-19-15-11-7-3)67-41-20-16-12-8-4)111(72-42-22-21-23-43-72)74-58-60-79-84-70-95-85(71-94(84)110(93(79)69-74)89-54-34-26-46-77(89)78-47-27-35-55-90(78)110)99-91(62-63-98-100(99)82-49-29-36-56-96(82)112-98)109(95)87-52-32-24-44-75(87)76-45-25-33-53-88(76)109/h21-37,42-63,68-71H,5-20,38-41,64-67H2,1-4H3. The molecule has 0 aliphatic heterocycles. The molecular formula is C110H103NO2. The molecule has 2 spiro atoms. The van der Waals surface area contributed by atoms with Crippen LogP contribution < -0.4 is 4.90 Å². The van der Waals surface area contributed by atoms with Gasteiger partial charge in [-0.25, -0.2) is 0 Å². The molecule has 0 saturated heterocycles. The van der Waals surface area contributed by atoms with Crippen LogP contribution in [-0.2, 0) is 21.7 Å². The second-order valence-electron chi connectivity index (χ2n) is 34.4. The van der Waals surface area contributed by atoms with Gasteiger partial charge >= 0.3 is 0 Å². The van der Waals surface area contributed by atoms with Gasteiger partial charge in [-0.15, -0.1) is 0 Å². The number of fused-ring (bicyclic) bond motifs is 36. The lowest BCUT2D eigenvalue weighted by atomic mass is 9.62. The average molecular weight is 1470 g/mol. The summed E-state index contributed by atoms with van der Waals surface area (Å²) in [6.45, 7) is 9.51. The maximum absolute atomic E-state index is 7.72. The van der Waals surface area contributed by atoms with Crippen molar-refractivity contribution in [3.05, 3.63) is 328 Å². The van der Waals surface area contributed by atoms with Crippen molar-refractivity contribution in [2.24, 2.45) is 0 Å². The van der Waals surface area contributed by atoms with Crippen LogP contribution in [0.3, 0.4) is 0 Å². The number of hydrogen-bond donors (Lipinski definition) is 0. The van der Waals surface area contributed by atoms with Gasteiger partial charge in [0.2, 0.25) is 0 Å². The van der Waals surface area contributed by atoms with E-state index in [1.54, 1.807) is 16.7 Å². The van der Waals surface area contributed by atoms with Crippen molar-refractivity contribution >= 4 is 60.9 Å². The minimum absolute atomic E-state index is 0.164. The molecule has 3 nitrogen and oxygen atoms in total. The normalized spacial score (nSPS) is 15.0. The molecule has 0 atom stereocenters. The predicted octanol–water partition coefficient (Wildman–Crippen LogP) is 31.6. The molecule has 113 heavy (non-hydrogen) atoms. The van der Waals surface area contributed by atoms with E-state index in [1.807, 2.05) is 0 Å². The summed E-state index contributed by atoms with van der Waals surface area (Å²) in [5.41, 5.74) is 38.8. The summed E-state index contributed by atoms with van der Waals surface area (Å²) in [5, 5.41) is 4.92. The first-order valence-electron chi connectivity index (χ1n) is 43.7. The lowest BCUT2D eigenvalue weighted by molar-refractivity contribution is 0.369. The van der Waals surface area contributed by atoms with Gasteiger partial charge < -0.3 is 13.7 Å². The predicted molar refractivity (Wildman–Crippen MR) is 474 cm³/mol. The van der Waals surface area contributed by atoms with Crippen LogP contribution in [0, 0.1) is 0 Å². The van der Waals surface area contributed by atoms with Gasteiger partial charge in [0, 0.05) is 55.0 Å². The first-order chi connectivity index (χ1) is 55.9. The number of para-hydroxylation sites is 3. The molecule has 2 heterocycles. The molecule has 3 heteroatoms. The van der Waals surface area contributed by atoms with E-state index in [9.17, 15) is 0 Å². The van der Waals surface area contributed by atoms with Crippen LogP contribution in [0.5, 0.6) is 0 Å². The Balaban J connectivity index is 0.820. The third-order valence-electron chi connectivity index (χ3n) is 28.4. The van der Waals surface area contributed by atoms with Gasteiger partial charge in [-0.2, -0.15) is 0 Å². The van der Waals surface area contributed by atoms with E-state index in [0.717, 1.165) is 64.8 Å².